The summed E-state index contributed by atoms with van der Waals surface area (Å²) < 4.78 is 16.5. The van der Waals surface area contributed by atoms with Crippen molar-refractivity contribution in [3.05, 3.63) is 75.8 Å². The van der Waals surface area contributed by atoms with E-state index < -0.39 is 23.6 Å². The Bertz CT molecular complexity index is 1390. The molecule has 7 heteroatoms. The number of hydrogen-bond acceptors (Lipinski definition) is 4. The first kappa shape index (κ1) is 19.9. The van der Waals surface area contributed by atoms with Crippen LogP contribution >= 0.6 is 15.9 Å². The lowest BCUT2D eigenvalue weighted by Gasteiger charge is -2.21. The van der Waals surface area contributed by atoms with E-state index in [2.05, 4.69) is 20.9 Å². The van der Waals surface area contributed by atoms with Gasteiger partial charge < -0.3 is 14.5 Å². The summed E-state index contributed by atoms with van der Waals surface area (Å²) in [7, 11) is 0. The van der Waals surface area contributed by atoms with Gasteiger partial charge in [-0.15, -0.1) is 0 Å². The van der Waals surface area contributed by atoms with Gasteiger partial charge in [-0.2, -0.15) is 0 Å². The predicted molar refractivity (Wildman–Crippen MR) is 116 cm³/mol. The molecule has 0 saturated heterocycles. The molecule has 0 N–H and O–H groups in total. The molecule has 0 bridgehead atoms. The molecule has 2 aromatic carbocycles. The van der Waals surface area contributed by atoms with Gasteiger partial charge in [0.2, 0.25) is 5.78 Å². The molecule has 0 spiro atoms. The Kier molecular flexibility index (Phi) is 4.66. The summed E-state index contributed by atoms with van der Waals surface area (Å²) in [6, 6.07) is 13.7. The van der Waals surface area contributed by atoms with E-state index in [9.17, 15) is 19.1 Å². The molecule has 156 valence electrons. The summed E-state index contributed by atoms with van der Waals surface area (Å²) in [6.45, 7) is 2.09. The standard InChI is InChI=1S/C24H18BrFN2O3/c1-12(24(30)31)15-8-9-28-19-11-14(26)10-16(25)20(19)21(22(15)28)23(29)18-7-6-13-4-2-3-5-17(13)27-18/h2-7,10-12,15H,8-9H2,1H3,(H,30,31)/p-1. The number of fused-ring (bicyclic) bond motifs is 4. The Morgan fingerprint density at radius 2 is 2.00 bits per heavy atom. The van der Waals surface area contributed by atoms with E-state index in [4.69, 9.17) is 0 Å². The van der Waals surface area contributed by atoms with Crippen molar-refractivity contribution in [2.24, 2.45) is 5.92 Å². The van der Waals surface area contributed by atoms with E-state index in [1.54, 1.807) is 13.0 Å². The van der Waals surface area contributed by atoms with Crippen LogP contribution in [0, 0.1) is 11.7 Å². The fraction of sp³-hybridized carbons (Fsp3) is 0.208. The van der Waals surface area contributed by atoms with Crippen molar-refractivity contribution in [1.29, 1.82) is 0 Å². The topological polar surface area (TPSA) is 75.0 Å². The minimum Gasteiger partial charge on any atom is -0.550 e. The number of pyridine rings is 1. The van der Waals surface area contributed by atoms with Crippen LogP contribution in [0.15, 0.2) is 53.0 Å². The van der Waals surface area contributed by atoms with Crippen molar-refractivity contribution < 1.29 is 19.1 Å². The second kappa shape index (κ2) is 7.27. The van der Waals surface area contributed by atoms with Crippen molar-refractivity contribution in [1.82, 2.24) is 9.55 Å². The molecule has 1 aliphatic rings. The second-order valence-electron chi connectivity index (χ2n) is 7.91. The second-order valence-corrected chi connectivity index (χ2v) is 8.77. The Morgan fingerprint density at radius 3 is 2.77 bits per heavy atom. The number of aromatic nitrogens is 2. The van der Waals surface area contributed by atoms with Crippen LogP contribution in [-0.4, -0.2) is 21.3 Å². The normalized spacial score (nSPS) is 16.5. The first-order valence-electron chi connectivity index (χ1n) is 9.99. The quantitative estimate of drug-likeness (QED) is 0.411. The van der Waals surface area contributed by atoms with E-state index in [1.165, 1.54) is 12.1 Å². The van der Waals surface area contributed by atoms with E-state index in [0.29, 0.717) is 45.1 Å². The highest BCUT2D eigenvalue weighted by Crippen LogP contribution is 2.45. The summed E-state index contributed by atoms with van der Waals surface area (Å²) >= 11 is 3.41. The lowest BCUT2D eigenvalue weighted by molar-refractivity contribution is -0.311. The van der Waals surface area contributed by atoms with Crippen molar-refractivity contribution in [2.75, 3.05) is 0 Å². The van der Waals surface area contributed by atoms with Gasteiger partial charge in [-0.3, -0.25) is 4.79 Å². The lowest BCUT2D eigenvalue weighted by atomic mass is 9.86. The summed E-state index contributed by atoms with van der Waals surface area (Å²) in [5, 5.41) is 13.1. The average molecular weight is 480 g/mol. The van der Waals surface area contributed by atoms with Gasteiger partial charge in [-0.05, 0) is 46.6 Å². The summed E-state index contributed by atoms with van der Waals surface area (Å²) in [5.74, 6) is -3.11. The molecule has 0 amide bonds. The third-order valence-electron chi connectivity index (χ3n) is 6.17. The van der Waals surface area contributed by atoms with Gasteiger partial charge in [0.25, 0.3) is 0 Å². The number of benzene rings is 2. The molecule has 1 aliphatic heterocycles. The van der Waals surface area contributed by atoms with Gasteiger partial charge in [-0.1, -0.05) is 31.2 Å². The number of carboxylic acid groups (broad SMARTS) is 1. The zero-order valence-corrected chi connectivity index (χ0v) is 18.1. The number of carbonyl (C=O) groups is 2. The molecule has 4 aromatic rings. The average Bonchev–Trinajstić information content (AvgIpc) is 3.31. The van der Waals surface area contributed by atoms with Crippen LogP contribution in [0.5, 0.6) is 0 Å². The fourth-order valence-electron chi connectivity index (χ4n) is 4.65. The number of aliphatic carboxylic acids is 1. The predicted octanol–water partition coefficient (Wildman–Crippen LogP) is 4.20. The van der Waals surface area contributed by atoms with E-state index in [1.807, 2.05) is 34.9 Å². The molecular weight excluding hydrogens is 463 g/mol. The number of rotatable bonds is 4. The van der Waals surface area contributed by atoms with Crippen LogP contribution in [0.1, 0.15) is 41.0 Å². The number of aryl methyl sites for hydroxylation is 1. The maximum Gasteiger partial charge on any atom is 0.213 e. The third-order valence-corrected chi connectivity index (χ3v) is 6.80. The van der Waals surface area contributed by atoms with Crippen LogP contribution < -0.4 is 5.11 Å². The van der Waals surface area contributed by atoms with Crippen LogP contribution in [0.3, 0.4) is 0 Å². The minimum atomic E-state index is -1.17. The number of halogens is 2. The molecule has 0 aliphatic carbocycles. The molecular formula is C24H17BrFN2O3-. The Hall–Kier alpha value is -3.06. The number of nitrogens with zero attached hydrogens (tertiary/aromatic N) is 2. The SMILES string of the molecule is CC(C(=O)[O-])C1CCn2c1c(C(=O)c1ccc3ccccc3n1)c1c(Br)cc(F)cc12. The largest absolute Gasteiger partial charge is 0.550 e. The maximum absolute atomic E-state index is 14.2. The van der Waals surface area contributed by atoms with Crippen molar-refractivity contribution >= 4 is 49.5 Å². The summed E-state index contributed by atoms with van der Waals surface area (Å²) in [5.41, 5.74) is 2.51. The molecule has 2 atom stereocenters. The molecule has 31 heavy (non-hydrogen) atoms. The minimum absolute atomic E-state index is 0.261. The Balaban J connectivity index is 1.78. The lowest BCUT2D eigenvalue weighted by Crippen LogP contribution is -2.33. The first-order valence-corrected chi connectivity index (χ1v) is 10.8. The molecule has 0 saturated carbocycles. The number of hydrogen-bond donors (Lipinski definition) is 0. The van der Waals surface area contributed by atoms with Crippen molar-refractivity contribution in [2.45, 2.75) is 25.8 Å². The summed E-state index contributed by atoms with van der Waals surface area (Å²) in [4.78, 5) is 29.9. The molecule has 5 nitrogen and oxygen atoms in total. The van der Waals surface area contributed by atoms with Crippen molar-refractivity contribution in [3.8, 4) is 0 Å². The van der Waals surface area contributed by atoms with Crippen LogP contribution in [-0.2, 0) is 11.3 Å². The number of ketones is 1. The van der Waals surface area contributed by atoms with E-state index in [0.717, 1.165) is 5.39 Å². The highest BCUT2D eigenvalue weighted by atomic mass is 79.9. The smallest absolute Gasteiger partial charge is 0.213 e. The van der Waals surface area contributed by atoms with Gasteiger partial charge in [0, 0.05) is 45.3 Å². The van der Waals surface area contributed by atoms with Gasteiger partial charge in [0.15, 0.2) is 0 Å². The summed E-state index contributed by atoms with van der Waals surface area (Å²) in [6.07, 6.45) is 0.542. The molecule has 0 radical (unpaired) electrons. The Labute approximate surface area is 185 Å². The zero-order valence-electron chi connectivity index (χ0n) is 16.6. The number of para-hydroxylation sites is 1. The van der Waals surface area contributed by atoms with E-state index in [-0.39, 0.29) is 11.5 Å². The van der Waals surface area contributed by atoms with Gasteiger partial charge >= 0.3 is 0 Å². The third kappa shape index (κ3) is 3.07. The maximum atomic E-state index is 14.2. The van der Waals surface area contributed by atoms with Crippen LogP contribution in [0.2, 0.25) is 0 Å². The molecule has 2 unspecified atom stereocenters. The highest BCUT2D eigenvalue weighted by molar-refractivity contribution is 9.10. The molecule has 3 heterocycles. The Morgan fingerprint density at radius 1 is 1.23 bits per heavy atom. The monoisotopic (exact) mass is 479 g/mol. The molecule has 2 aromatic heterocycles. The molecule has 5 rings (SSSR count). The highest BCUT2D eigenvalue weighted by Gasteiger charge is 2.37. The van der Waals surface area contributed by atoms with Crippen LogP contribution in [0.25, 0.3) is 21.8 Å². The van der Waals surface area contributed by atoms with Crippen molar-refractivity contribution in [3.63, 3.8) is 0 Å². The van der Waals surface area contributed by atoms with Gasteiger partial charge in [0.05, 0.1) is 16.6 Å². The number of carboxylic acids is 1. The van der Waals surface area contributed by atoms with Crippen LogP contribution in [0.4, 0.5) is 4.39 Å². The van der Waals surface area contributed by atoms with Gasteiger partial charge in [0.1, 0.15) is 11.5 Å². The molecule has 0 fully saturated rings. The first-order chi connectivity index (χ1) is 14.9. The fourth-order valence-corrected chi connectivity index (χ4v) is 5.27. The van der Waals surface area contributed by atoms with E-state index >= 15 is 0 Å². The number of carbonyl (C=O) groups excluding carboxylic acids is 2. The van der Waals surface area contributed by atoms with Gasteiger partial charge in [-0.25, -0.2) is 9.37 Å². The zero-order chi connectivity index (χ0) is 21.9.